The van der Waals surface area contributed by atoms with Crippen molar-refractivity contribution in [3.63, 3.8) is 0 Å². The molecule has 0 aromatic carbocycles. The first kappa shape index (κ1) is 4.41. The molecule has 0 saturated heterocycles. The summed E-state index contributed by atoms with van der Waals surface area (Å²) >= 11 is 5.56. The van der Waals surface area contributed by atoms with Crippen LogP contribution in [0.4, 0.5) is 0 Å². The van der Waals surface area contributed by atoms with Crippen LogP contribution in [0, 0.1) is 0 Å². The van der Waals surface area contributed by atoms with Gasteiger partial charge < -0.3 is 5.73 Å². The molecule has 0 unspecified atom stereocenters. The number of hydrogen-bond donors (Lipinski definition) is 1. The second-order valence-electron chi connectivity index (χ2n) is 1.83. The molecule has 0 aromatic rings. The number of hydrogen-bond acceptors (Lipinski definition) is 1. The number of alkyl halides is 1. The maximum absolute atomic E-state index is 5.56. The summed E-state index contributed by atoms with van der Waals surface area (Å²) in [6.07, 6.45) is 2.03. The van der Waals surface area contributed by atoms with E-state index >= 15 is 0 Å². The van der Waals surface area contributed by atoms with E-state index in [1.54, 1.807) is 0 Å². The van der Waals surface area contributed by atoms with Crippen LogP contribution in [0.25, 0.3) is 0 Å². The minimum Gasteiger partial charge on any atom is -0.328 e. The van der Waals surface area contributed by atoms with Crippen LogP contribution < -0.4 is 5.73 Å². The lowest BCUT2D eigenvalue weighted by molar-refractivity contribution is 0.426. The normalized spacial score (nSPS) is 45.0. The summed E-state index contributed by atoms with van der Waals surface area (Å²) in [5.74, 6) is 0. The van der Waals surface area contributed by atoms with Gasteiger partial charge in [0.05, 0.1) is 0 Å². The first-order valence-corrected chi connectivity index (χ1v) is 2.62. The van der Waals surface area contributed by atoms with Gasteiger partial charge in [0.15, 0.2) is 0 Å². The second-order valence-corrected chi connectivity index (χ2v) is 2.45. The maximum atomic E-state index is 5.56. The topological polar surface area (TPSA) is 26.0 Å². The Morgan fingerprint density at radius 1 is 1.50 bits per heavy atom. The zero-order valence-corrected chi connectivity index (χ0v) is 4.28. The average molecular weight is 106 g/mol. The van der Waals surface area contributed by atoms with Gasteiger partial charge in [-0.1, -0.05) is 0 Å². The van der Waals surface area contributed by atoms with Gasteiger partial charge in [-0.15, -0.1) is 11.6 Å². The standard InChI is InChI=1S/C4H8ClN/c5-3-1-4(6)2-3/h3-4H,1-2,6H2. The first-order valence-electron chi connectivity index (χ1n) is 2.18. The zero-order valence-electron chi connectivity index (χ0n) is 3.52. The summed E-state index contributed by atoms with van der Waals surface area (Å²) < 4.78 is 0. The van der Waals surface area contributed by atoms with Crippen LogP contribution in [0.3, 0.4) is 0 Å². The molecular formula is C4H8ClN. The highest BCUT2D eigenvalue weighted by molar-refractivity contribution is 6.21. The summed E-state index contributed by atoms with van der Waals surface area (Å²) in [7, 11) is 0. The lowest BCUT2D eigenvalue weighted by atomic mass is 9.94. The van der Waals surface area contributed by atoms with E-state index in [9.17, 15) is 0 Å². The molecule has 1 rings (SSSR count). The molecule has 0 atom stereocenters. The summed E-state index contributed by atoms with van der Waals surface area (Å²) in [5.41, 5.74) is 5.38. The summed E-state index contributed by atoms with van der Waals surface area (Å²) in [5, 5.41) is 0.389. The Morgan fingerprint density at radius 3 is 2.00 bits per heavy atom. The number of nitrogens with two attached hydrogens (primary N) is 1. The van der Waals surface area contributed by atoms with Crippen molar-refractivity contribution >= 4 is 11.6 Å². The molecule has 1 fully saturated rings. The van der Waals surface area contributed by atoms with Gasteiger partial charge in [-0.3, -0.25) is 0 Å². The zero-order chi connectivity index (χ0) is 4.57. The summed E-state index contributed by atoms with van der Waals surface area (Å²) in [4.78, 5) is 0. The van der Waals surface area contributed by atoms with Crippen LogP contribution in [0.2, 0.25) is 0 Å². The van der Waals surface area contributed by atoms with Crippen molar-refractivity contribution in [1.82, 2.24) is 0 Å². The Bertz CT molecular complexity index is 43.5. The summed E-state index contributed by atoms with van der Waals surface area (Å²) in [6, 6.07) is 0.410. The quantitative estimate of drug-likeness (QED) is 0.452. The molecule has 2 heteroatoms. The van der Waals surface area contributed by atoms with Crippen molar-refractivity contribution in [3.05, 3.63) is 0 Å². The molecule has 1 aliphatic carbocycles. The van der Waals surface area contributed by atoms with E-state index in [1.165, 1.54) is 0 Å². The molecule has 1 saturated carbocycles. The Morgan fingerprint density at radius 2 is 2.00 bits per heavy atom. The van der Waals surface area contributed by atoms with Crippen LogP contribution in [0.15, 0.2) is 0 Å². The third-order valence-corrected chi connectivity index (χ3v) is 1.47. The predicted octanol–water partition coefficient (Wildman–Crippen LogP) is 0.715. The second kappa shape index (κ2) is 1.39. The minimum absolute atomic E-state index is 0.389. The average Bonchev–Trinajstić information content (AvgIpc) is 1.33. The highest BCUT2D eigenvalue weighted by Gasteiger charge is 2.22. The van der Waals surface area contributed by atoms with Gasteiger partial charge in [-0.05, 0) is 12.8 Å². The lowest BCUT2D eigenvalue weighted by Crippen LogP contribution is -2.36. The molecule has 0 amide bonds. The van der Waals surface area contributed by atoms with Gasteiger partial charge in [-0.2, -0.15) is 0 Å². The predicted molar refractivity (Wildman–Crippen MR) is 26.9 cm³/mol. The fourth-order valence-electron chi connectivity index (χ4n) is 0.588. The molecule has 36 valence electrons. The molecule has 0 radical (unpaired) electrons. The molecule has 0 aromatic heterocycles. The molecule has 0 heterocycles. The van der Waals surface area contributed by atoms with Crippen LogP contribution in [-0.4, -0.2) is 11.4 Å². The molecule has 0 aliphatic heterocycles. The van der Waals surface area contributed by atoms with Crippen molar-refractivity contribution < 1.29 is 0 Å². The van der Waals surface area contributed by atoms with E-state index < -0.39 is 0 Å². The number of halogens is 1. The molecule has 1 aliphatic rings. The van der Waals surface area contributed by atoms with Crippen molar-refractivity contribution in [2.24, 2.45) is 5.73 Å². The fourth-order valence-corrected chi connectivity index (χ4v) is 1.05. The SMILES string of the molecule is NC1CC(Cl)C1. The van der Waals surface area contributed by atoms with Crippen LogP contribution in [0.5, 0.6) is 0 Å². The van der Waals surface area contributed by atoms with Gasteiger partial charge in [0.1, 0.15) is 0 Å². The van der Waals surface area contributed by atoms with Gasteiger partial charge >= 0.3 is 0 Å². The third-order valence-electron chi connectivity index (χ3n) is 1.12. The van der Waals surface area contributed by atoms with Crippen LogP contribution >= 0.6 is 11.6 Å². The van der Waals surface area contributed by atoms with Crippen LogP contribution in [-0.2, 0) is 0 Å². The first-order chi connectivity index (χ1) is 2.79. The third kappa shape index (κ3) is 0.660. The molecule has 0 bridgehead atoms. The van der Waals surface area contributed by atoms with E-state index in [2.05, 4.69) is 0 Å². The van der Waals surface area contributed by atoms with E-state index in [0.717, 1.165) is 12.8 Å². The van der Waals surface area contributed by atoms with E-state index in [4.69, 9.17) is 17.3 Å². The minimum atomic E-state index is 0.389. The Hall–Kier alpha value is 0.250. The van der Waals surface area contributed by atoms with Crippen molar-refractivity contribution in [2.45, 2.75) is 24.3 Å². The van der Waals surface area contributed by atoms with E-state index in [0.29, 0.717) is 11.4 Å². The van der Waals surface area contributed by atoms with E-state index in [1.807, 2.05) is 0 Å². The molecule has 1 nitrogen and oxygen atoms in total. The molecule has 0 spiro atoms. The van der Waals surface area contributed by atoms with Crippen molar-refractivity contribution in [2.75, 3.05) is 0 Å². The van der Waals surface area contributed by atoms with Crippen molar-refractivity contribution in [1.29, 1.82) is 0 Å². The van der Waals surface area contributed by atoms with Gasteiger partial charge in [-0.25, -0.2) is 0 Å². The van der Waals surface area contributed by atoms with Crippen LogP contribution in [0.1, 0.15) is 12.8 Å². The lowest BCUT2D eigenvalue weighted by Gasteiger charge is -2.26. The number of rotatable bonds is 0. The fraction of sp³-hybridized carbons (Fsp3) is 1.00. The maximum Gasteiger partial charge on any atom is 0.0365 e. The smallest absolute Gasteiger partial charge is 0.0365 e. The highest BCUT2D eigenvalue weighted by Crippen LogP contribution is 2.22. The van der Waals surface area contributed by atoms with Gasteiger partial charge in [0.25, 0.3) is 0 Å². The highest BCUT2D eigenvalue weighted by atomic mass is 35.5. The molecule has 2 N–H and O–H groups in total. The monoisotopic (exact) mass is 105 g/mol. The van der Waals surface area contributed by atoms with Gasteiger partial charge in [0, 0.05) is 11.4 Å². The Labute approximate surface area is 42.5 Å². The Kier molecular flexibility index (Phi) is 1.02. The summed E-state index contributed by atoms with van der Waals surface area (Å²) in [6.45, 7) is 0. The van der Waals surface area contributed by atoms with Gasteiger partial charge in [0.2, 0.25) is 0 Å². The Balaban J connectivity index is 2.11. The van der Waals surface area contributed by atoms with E-state index in [-0.39, 0.29) is 0 Å². The molecule has 6 heavy (non-hydrogen) atoms. The largest absolute Gasteiger partial charge is 0.328 e. The molecular weight excluding hydrogens is 97.5 g/mol. The van der Waals surface area contributed by atoms with Crippen molar-refractivity contribution in [3.8, 4) is 0 Å².